The summed E-state index contributed by atoms with van der Waals surface area (Å²) in [5.74, 6) is 0. The van der Waals surface area contributed by atoms with Crippen molar-refractivity contribution in [1.82, 2.24) is 9.55 Å². The third-order valence-corrected chi connectivity index (χ3v) is 12.7. The highest BCUT2D eigenvalue weighted by atomic mass is 35.5. The van der Waals surface area contributed by atoms with Crippen molar-refractivity contribution in [3.05, 3.63) is 158 Å². The Bertz CT molecular complexity index is 1800. The second kappa shape index (κ2) is 16.5. The van der Waals surface area contributed by atoms with E-state index in [1.807, 2.05) is 0 Å². The fourth-order valence-corrected chi connectivity index (χ4v) is 9.72. The highest BCUT2D eigenvalue weighted by Crippen LogP contribution is 2.78. The van der Waals surface area contributed by atoms with E-state index in [1.54, 1.807) is 72.8 Å². The lowest BCUT2D eigenvalue weighted by molar-refractivity contribution is 0.0595. The van der Waals surface area contributed by atoms with Crippen LogP contribution in [0, 0.1) is 0 Å². The van der Waals surface area contributed by atoms with Crippen LogP contribution in [0.1, 0.15) is 25.0 Å². The molecular formula is C33H30Cl4N2O7P2. The lowest BCUT2D eigenvalue weighted by Gasteiger charge is -2.39. The van der Waals surface area contributed by atoms with Crippen LogP contribution in [0.2, 0.25) is 20.1 Å². The minimum Gasteiger partial charge on any atom is -0.366 e. The van der Waals surface area contributed by atoms with Crippen molar-refractivity contribution in [3.8, 4) is 0 Å². The molecule has 0 saturated heterocycles. The highest BCUT2D eigenvalue weighted by molar-refractivity contribution is 7.73. The van der Waals surface area contributed by atoms with Crippen LogP contribution in [0.25, 0.3) is 0 Å². The smallest absolute Gasteiger partial charge is 0.366 e. The molecule has 0 aliphatic carbocycles. The van der Waals surface area contributed by atoms with Crippen LogP contribution in [0.3, 0.4) is 0 Å². The molecule has 4 aromatic carbocycles. The van der Waals surface area contributed by atoms with E-state index in [0.717, 1.165) is 17.1 Å². The normalized spacial score (nSPS) is 13.3. The minimum atomic E-state index is -5.47. The quantitative estimate of drug-likeness (QED) is 0.0988. The predicted molar refractivity (Wildman–Crippen MR) is 187 cm³/mol. The van der Waals surface area contributed by atoms with Gasteiger partial charge in [-0.2, -0.15) is 0 Å². The number of nitrogens with zero attached hydrogens (tertiary/aromatic N) is 2. The summed E-state index contributed by atoms with van der Waals surface area (Å²) in [6, 6.07) is 25.3. The van der Waals surface area contributed by atoms with Crippen LogP contribution in [0.15, 0.2) is 116 Å². The number of aromatic nitrogens is 2. The zero-order valence-corrected chi connectivity index (χ0v) is 29.8. The van der Waals surface area contributed by atoms with Gasteiger partial charge >= 0.3 is 15.2 Å². The Morgan fingerprint density at radius 3 is 1.25 bits per heavy atom. The molecule has 0 bridgehead atoms. The lowest BCUT2D eigenvalue weighted by Crippen LogP contribution is -2.37. The number of hydrogen-bond donors (Lipinski definition) is 1. The van der Waals surface area contributed by atoms with Gasteiger partial charge in [0.15, 0.2) is 0 Å². The monoisotopic (exact) mass is 770 g/mol. The van der Waals surface area contributed by atoms with Gasteiger partial charge in [0.05, 0.1) is 42.0 Å². The molecule has 0 unspecified atom stereocenters. The average Bonchev–Trinajstić information content (AvgIpc) is 3.64. The van der Waals surface area contributed by atoms with E-state index in [4.69, 9.17) is 64.5 Å². The Kier molecular flexibility index (Phi) is 11.7. The topological polar surface area (TPSA) is 109 Å². The van der Waals surface area contributed by atoms with Crippen molar-refractivity contribution in [1.29, 1.82) is 0 Å². The fourth-order valence-electron chi connectivity index (χ4n) is 4.35. The summed E-state index contributed by atoms with van der Waals surface area (Å²) in [4.78, 5) is 3.89. The van der Waals surface area contributed by atoms with Gasteiger partial charge < -0.3 is 27.8 Å². The summed E-state index contributed by atoms with van der Waals surface area (Å²) < 4.78 is 73.9. The Labute approximate surface area is 301 Å². The molecule has 0 spiro atoms. The third-order valence-electron chi connectivity index (χ3n) is 6.71. The standard InChI is InChI=1S/C33H30Cl4N2O7P2/c34-29-9-1-5-25(15-29)19-43-47(41,44-20-26-6-2-10-30(35)16-26)33(40,23-39-14-13-38-24-39)48(42,45-21-27-7-3-11-31(36)17-27)46-22-28-8-4-12-32(37)18-28/h1-18,24,40H,19-23H2/i23D2. The van der Waals surface area contributed by atoms with Crippen molar-refractivity contribution in [3.63, 3.8) is 0 Å². The molecule has 1 heterocycles. The first-order valence-electron chi connectivity index (χ1n) is 15.2. The maximum absolute atomic E-state index is 15.5. The van der Waals surface area contributed by atoms with Gasteiger partial charge in [-0.25, -0.2) is 4.98 Å². The molecule has 9 nitrogen and oxygen atoms in total. The summed E-state index contributed by atoms with van der Waals surface area (Å²) in [6.07, 6.45) is 3.36. The van der Waals surface area contributed by atoms with Crippen LogP contribution >= 0.6 is 61.6 Å². The second-order valence-corrected chi connectivity index (χ2v) is 16.7. The maximum atomic E-state index is 15.5. The van der Waals surface area contributed by atoms with Crippen molar-refractivity contribution >= 4 is 61.6 Å². The SMILES string of the molecule is [2H]C([2H])(n1ccnc1)C(O)(P(=O)(OCc1cccc(Cl)c1)OCc1cccc(Cl)c1)P(=O)(OCc1cccc(Cl)c1)OCc1cccc(Cl)c1. The van der Waals surface area contributed by atoms with Gasteiger partial charge in [-0.05, 0) is 70.8 Å². The van der Waals surface area contributed by atoms with Crippen molar-refractivity contribution in [2.24, 2.45) is 0 Å². The van der Waals surface area contributed by atoms with E-state index in [2.05, 4.69) is 4.98 Å². The number of benzene rings is 4. The van der Waals surface area contributed by atoms with E-state index in [9.17, 15) is 7.85 Å². The van der Waals surface area contributed by atoms with Crippen LogP contribution in [-0.4, -0.2) is 19.7 Å². The minimum absolute atomic E-state index is 0.324. The molecule has 0 saturated carbocycles. The fraction of sp³-hybridized carbons (Fsp3) is 0.182. The number of hydrogen-bond acceptors (Lipinski definition) is 8. The molecule has 1 aromatic heterocycles. The van der Waals surface area contributed by atoms with Gasteiger partial charge in [0.25, 0.3) is 5.08 Å². The first-order valence-corrected chi connectivity index (χ1v) is 18.8. The zero-order valence-electron chi connectivity index (χ0n) is 27.0. The average molecular weight is 772 g/mol. The summed E-state index contributed by atoms with van der Waals surface area (Å²) >= 11 is 24.7. The predicted octanol–water partition coefficient (Wildman–Crippen LogP) is 10.4. The van der Waals surface area contributed by atoms with Gasteiger partial charge in [-0.3, -0.25) is 9.13 Å². The molecule has 0 aliphatic rings. The number of halogens is 4. The molecule has 0 fully saturated rings. The van der Waals surface area contributed by atoms with Gasteiger partial charge in [-0.15, -0.1) is 0 Å². The van der Waals surface area contributed by atoms with Crippen molar-refractivity contribution in [2.75, 3.05) is 0 Å². The van der Waals surface area contributed by atoms with E-state index in [1.165, 1.54) is 30.5 Å². The number of imidazole rings is 1. The molecule has 0 radical (unpaired) electrons. The largest absolute Gasteiger partial charge is 0.377 e. The second-order valence-electron chi connectivity index (χ2n) is 10.3. The van der Waals surface area contributed by atoms with Gasteiger partial charge in [-0.1, -0.05) is 94.9 Å². The van der Waals surface area contributed by atoms with Gasteiger partial charge in [0.1, 0.15) is 0 Å². The highest BCUT2D eigenvalue weighted by Gasteiger charge is 2.65. The summed E-state index contributed by atoms with van der Waals surface area (Å²) in [5, 5.41) is 10.5. The van der Waals surface area contributed by atoms with E-state index < -0.39 is 53.2 Å². The van der Waals surface area contributed by atoms with Crippen LogP contribution in [0.5, 0.6) is 0 Å². The summed E-state index contributed by atoms with van der Waals surface area (Å²) in [7, 11) is -10.9. The molecule has 1 N–H and O–H groups in total. The van der Waals surface area contributed by atoms with E-state index >= 15 is 9.13 Å². The number of rotatable bonds is 16. The Morgan fingerprint density at radius 2 is 0.979 bits per heavy atom. The van der Waals surface area contributed by atoms with Crippen molar-refractivity contribution < 1.29 is 35.1 Å². The van der Waals surface area contributed by atoms with Crippen molar-refractivity contribution in [2.45, 2.75) is 38.0 Å². The zero-order chi connectivity index (χ0) is 36.0. The van der Waals surface area contributed by atoms with Gasteiger partial charge in [0, 0.05) is 32.5 Å². The first-order chi connectivity index (χ1) is 23.7. The maximum Gasteiger partial charge on any atom is 0.377 e. The summed E-state index contributed by atoms with van der Waals surface area (Å²) in [5.41, 5.74) is 1.52. The molecule has 252 valence electrons. The molecule has 5 rings (SSSR count). The van der Waals surface area contributed by atoms with Gasteiger partial charge in [0.2, 0.25) is 0 Å². The molecule has 15 heteroatoms. The Balaban J connectivity index is 1.69. The van der Waals surface area contributed by atoms with E-state index in [0.29, 0.717) is 42.3 Å². The Hall–Kier alpha value is -2.49. The van der Waals surface area contributed by atoms with E-state index in [-0.39, 0.29) is 0 Å². The summed E-state index contributed by atoms with van der Waals surface area (Å²) in [6.45, 7) is -5.42. The lowest BCUT2D eigenvalue weighted by atomic mass is 10.2. The molecule has 5 aromatic rings. The first kappa shape index (κ1) is 34.0. The molecule has 0 aliphatic heterocycles. The molecule has 0 amide bonds. The third kappa shape index (κ3) is 9.39. The van der Waals surface area contributed by atoms with Crippen LogP contribution in [0.4, 0.5) is 0 Å². The van der Waals surface area contributed by atoms with Crippen LogP contribution in [-0.2, 0) is 60.1 Å². The molecular weight excluding hydrogens is 740 g/mol. The molecule has 48 heavy (non-hydrogen) atoms. The number of aliphatic hydroxyl groups is 1. The van der Waals surface area contributed by atoms with Crippen LogP contribution < -0.4 is 0 Å². The Morgan fingerprint density at radius 1 is 0.646 bits per heavy atom. The molecule has 0 atom stereocenters.